The van der Waals surface area contributed by atoms with Gasteiger partial charge in [-0.15, -0.1) is 0 Å². The van der Waals surface area contributed by atoms with Crippen molar-refractivity contribution in [1.82, 2.24) is 0 Å². The Morgan fingerprint density at radius 2 is 1.71 bits per heavy atom. The molecule has 0 saturated heterocycles. The summed E-state index contributed by atoms with van der Waals surface area (Å²) in [5.41, 5.74) is 7.72. The maximum absolute atomic E-state index is 10.2. The lowest BCUT2D eigenvalue weighted by Gasteiger charge is -2.14. The largest absolute Gasteiger partial charge is 0.508 e. The first-order valence-corrected chi connectivity index (χ1v) is 5.89. The molecule has 0 saturated carbocycles. The molecule has 0 amide bonds. The summed E-state index contributed by atoms with van der Waals surface area (Å²) in [6.45, 7) is 0. The number of phenolic OH excluding ortho intramolecular Hbond substituents is 1. The van der Waals surface area contributed by atoms with Gasteiger partial charge in [-0.3, -0.25) is 0 Å². The van der Waals surface area contributed by atoms with E-state index in [9.17, 15) is 10.2 Å². The summed E-state index contributed by atoms with van der Waals surface area (Å²) in [6, 6.07) is 11.8. The van der Waals surface area contributed by atoms with E-state index in [2.05, 4.69) is 15.9 Å². The number of benzene rings is 2. The molecular weight excluding hydrogens is 282 g/mol. The Balaban J connectivity index is 2.36. The van der Waals surface area contributed by atoms with Crippen molar-refractivity contribution in [2.45, 2.75) is 6.10 Å². The average Bonchev–Trinajstić information content (AvgIpc) is 2.29. The molecule has 0 aliphatic heterocycles. The predicted octanol–water partition coefficient (Wildman–Crippen LogP) is 2.82. The molecule has 1 atom stereocenters. The second kappa shape index (κ2) is 4.77. The molecule has 1 unspecified atom stereocenters. The van der Waals surface area contributed by atoms with E-state index in [-0.39, 0.29) is 5.75 Å². The molecule has 0 aliphatic carbocycles. The molecule has 0 spiro atoms. The van der Waals surface area contributed by atoms with Crippen molar-refractivity contribution in [3.63, 3.8) is 0 Å². The monoisotopic (exact) mass is 293 g/mol. The third-order valence-electron chi connectivity index (χ3n) is 2.55. The number of rotatable bonds is 2. The number of hydrogen-bond donors (Lipinski definition) is 3. The summed E-state index contributed by atoms with van der Waals surface area (Å²) >= 11 is 3.32. The third-order valence-corrected chi connectivity index (χ3v) is 3.05. The van der Waals surface area contributed by atoms with Crippen molar-refractivity contribution in [2.24, 2.45) is 0 Å². The second-order valence-electron chi connectivity index (χ2n) is 3.77. The highest BCUT2D eigenvalue weighted by Crippen LogP contribution is 2.29. The average molecular weight is 294 g/mol. The first kappa shape index (κ1) is 12.0. The van der Waals surface area contributed by atoms with Crippen LogP contribution in [0.3, 0.4) is 0 Å². The molecule has 2 aromatic carbocycles. The van der Waals surface area contributed by atoms with Gasteiger partial charge in [0.1, 0.15) is 11.9 Å². The minimum Gasteiger partial charge on any atom is -0.508 e. The van der Waals surface area contributed by atoms with Crippen LogP contribution in [0.1, 0.15) is 17.2 Å². The van der Waals surface area contributed by atoms with Crippen molar-refractivity contribution < 1.29 is 10.2 Å². The summed E-state index contributed by atoms with van der Waals surface area (Å²) in [7, 11) is 0. The van der Waals surface area contributed by atoms with E-state index in [1.165, 1.54) is 12.1 Å². The van der Waals surface area contributed by atoms with E-state index >= 15 is 0 Å². The van der Waals surface area contributed by atoms with Crippen molar-refractivity contribution in [3.8, 4) is 5.75 Å². The lowest BCUT2D eigenvalue weighted by molar-refractivity contribution is 0.221. The minimum absolute atomic E-state index is 0.171. The summed E-state index contributed by atoms with van der Waals surface area (Å²) in [6.07, 6.45) is -0.788. The predicted molar refractivity (Wildman–Crippen MR) is 70.7 cm³/mol. The highest BCUT2D eigenvalue weighted by molar-refractivity contribution is 9.10. The highest BCUT2D eigenvalue weighted by Gasteiger charge is 2.13. The van der Waals surface area contributed by atoms with Crippen molar-refractivity contribution >= 4 is 21.6 Å². The highest BCUT2D eigenvalue weighted by atomic mass is 79.9. The molecule has 4 heteroatoms. The van der Waals surface area contributed by atoms with Gasteiger partial charge in [0.2, 0.25) is 0 Å². The van der Waals surface area contributed by atoms with Gasteiger partial charge < -0.3 is 15.9 Å². The van der Waals surface area contributed by atoms with Gasteiger partial charge in [-0.25, -0.2) is 0 Å². The number of aromatic hydroxyl groups is 1. The number of aliphatic hydroxyl groups excluding tert-OH is 1. The molecule has 3 nitrogen and oxygen atoms in total. The van der Waals surface area contributed by atoms with Gasteiger partial charge in [-0.1, -0.05) is 34.1 Å². The fourth-order valence-corrected chi connectivity index (χ4v) is 2.01. The van der Waals surface area contributed by atoms with Crippen molar-refractivity contribution in [3.05, 3.63) is 58.1 Å². The molecular formula is C13H12BrNO2. The number of hydrogen-bond acceptors (Lipinski definition) is 3. The molecule has 88 valence electrons. The Labute approximate surface area is 108 Å². The number of nitrogens with two attached hydrogens (primary N) is 1. The van der Waals surface area contributed by atoms with E-state index in [4.69, 9.17) is 5.73 Å². The van der Waals surface area contributed by atoms with E-state index in [1.807, 2.05) is 6.07 Å². The van der Waals surface area contributed by atoms with Gasteiger partial charge in [0.25, 0.3) is 0 Å². The van der Waals surface area contributed by atoms with Gasteiger partial charge >= 0.3 is 0 Å². The van der Waals surface area contributed by atoms with Crippen molar-refractivity contribution in [2.75, 3.05) is 5.73 Å². The fourth-order valence-electron chi connectivity index (χ4n) is 1.63. The van der Waals surface area contributed by atoms with Crippen molar-refractivity contribution in [1.29, 1.82) is 0 Å². The van der Waals surface area contributed by atoms with E-state index in [0.29, 0.717) is 16.8 Å². The van der Waals surface area contributed by atoms with Crippen LogP contribution >= 0.6 is 15.9 Å². The van der Waals surface area contributed by atoms with Crippen LogP contribution in [0.15, 0.2) is 46.9 Å². The zero-order valence-corrected chi connectivity index (χ0v) is 10.6. The standard InChI is InChI=1S/C13H12BrNO2/c14-9-3-6-11(12(15)7-9)13(17)8-1-4-10(16)5-2-8/h1-7,13,16-17H,15H2. The zero-order chi connectivity index (χ0) is 12.4. The topological polar surface area (TPSA) is 66.5 Å². The lowest BCUT2D eigenvalue weighted by atomic mass is 10.00. The summed E-state index contributed by atoms with van der Waals surface area (Å²) < 4.78 is 0.872. The Morgan fingerprint density at radius 3 is 2.29 bits per heavy atom. The Hall–Kier alpha value is -1.52. The van der Waals surface area contributed by atoms with Gasteiger partial charge in [0, 0.05) is 15.7 Å². The molecule has 2 aromatic rings. The van der Waals surface area contributed by atoms with Crippen LogP contribution < -0.4 is 5.73 Å². The smallest absolute Gasteiger partial charge is 0.115 e. The normalized spacial score (nSPS) is 12.4. The molecule has 0 bridgehead atoms. The van der Waals surface area contributed by atoms with Crippen LogP contribution in [0, 0.1) is 0 Å². The third kappa shape index (κ3) is 2.60. The van der Waals surface area contributed by atoms with Gasteiger partial charge in [-0.05, 0) is 29.8 Å². The Bertz CT molecular complexity index is 525. The summed E-state index contributed by atoms with van der Waals surface area (Å²) in [4.78, 5) is 0. The number of halogens is 1. The first-order chi connectivity index (χ1) is 8.08. The second-order valence-corrected chi connectivity index (χ2v) is 4.68. The molecule has 0 radical (unpaired) electrons. The SMILES string of the molecule is Nc1cc(Br)ccc1C(O)c1ccc(O)cc1. The maximum Gasteiger partial charge on any atom is 0.115 e. The molecule has 17 heavy (non-hydrogen) atoms. The number of nitrogen functional groups attached to an aromatic ring is 1. The van der Waals surface area contributed by atoms with Gasteiger partial charge in [-0.2, -0.15) is 0 Å². The maximum atomic E-state index is 10.2. The molecule has 4 N–H and O–H groups in total. The fraction of sp³-hybridized carbons (Fsp3) is 0.0769. The molecule has 0 aromatic heterocycles. The van der Waals surface area contributed by atoms with E-state index in [1.54, 1.807) is 24.3 Å². The Morgan fingerprint density at radius 1 is 1.06 bits per heavy atom. The Kier molecular flexibility index (Phi) is 3.36. The lowest BCUT2D eigenvalue weighted by Crippen LogP contribution is -2.03. The van der Waals surface area contributed by atoms with Gasteiger partial charge in [0.05, 0.1) is 0 Å². The number of phenols is 1. The van der Waals surface area contributed by atoms with Crippen LogP contribution in [0.2, 0.25) is 0 Å². The molecule has 0 aliphatic rings. The van der Waals surface area contributed by atoms with Crippen LogP contribution in [0.4, 0.5) is 5.69 Å². The first-order valence-electron chi connectivity index (χ1n) is 5.10. The van der Waals surface area contributed by atoms with Crippen LogP contribution in [0.25, 0.3) is 0 Å². The quantitative estimate of drug-likeness (QED) is 0.746. The minimum atomic E-state index is -0.788. The summed E-state index contributed by atoms with van der Waals surface area (Å²) in [5.74, 6) is 0.171. The zero-order valence-electron chi connectivity index (χ0n) is 8.97. The van der Waals surface area contributed by atoms with E-state index in [0.717, 1.165) is 4.47 Å². The number of aliphatic hydroxyl groups is 1. The van der Waals surface area contributed by atoms with E-state index < -0.39 is 6.10 Å². The van der Waals surface area contributed by atoms with Crippen LogP contribution in [0.5, 0.6) is 5.75 Å². The molecule has 2 rings (SSSR count). The number of anilines is 1. The molecule has 0 fully saturated rings. The van der Waals surface area contributed by atoms with Crippen LogP contribution in [-0.4, -0.2) is 10.2 Å². The van der Waals surface area contributed by atoms with Crippen LogP contribution in [-0.2, 0) is 0 Å². The summed E-state index contributed by atoms with van der Waals surface area (Å²) in [5, 5.41) is 19.4. The van der Waals surface area contributed by atoms with Gasteiger partial charge in [0.15, 0.2) is 0 Å². The molecule has 0 heterocycles.